The molecule has 2 aromatic carbocycles. The Labute approximate surface area is 210 Å². The van der Waals surface area contributed by atoms with Crippen molar-refractivity contribution in [2.75, 3.05) is 25.2 Å². The number of benzene rings is 2. The molecule has 2 aliphatic carbocycles. The first-order valence-corrected chi connectivity index (χ1v) is 13.5. The van der Waals surface area contributed by atoms with Crippen molar-refractivity contribution in [1.29, 1.82) is 0 Å². The van der Waals surface area contributed by atoms with Crippen LogP contribution in [0, 0.1) is 11.8 Å². The van der Waals surface area contributed by atoms with Crippen molar-refractivity contribution in [2.24, 2.45) is 11.8 Å². The Morgan fingerprint density at radius 3 is 2.34 bits per heavy atom. The molecule has 4 rings (SSSR count). The number of hydrogen-bond donors (Lipinski definition) is 3. The molecule has 1 fully saturated rings. The average Bonchev–Trinajstić information content (AvgIpc) is 3.46. The van der Waals surface area contributed by atoms with Gasteiger partial charge in [0, 0.05) is 18.4 Å². The minimum absolute atomic E-state index is 0.00704. The number of aliphatic carboxylic acids is 1. The Balaban J connectivity index is 1.29. The van der Waals surface area contributed by atoms with E-state index in [9.17, 15) is 19.5 Å². The van der Waals surface area contributed by atoms with Crippen LogP contribution in [0.25, 0.3) is 11.1 Å². The first-order chi connectivity index (χ1) is 17.0. The first-order valence-electron chi connectivity index (χ1n) is 12.1. The third kappa shape index (κ3) is 5.81. The lowest BCUT2D eigenvalue weighted by atomic mass is 9.94. The average molecular weight is 497 g/mol. The minimum atomic E-state index is -1.02. The lowest BCUT2D eigenvalue weighted by molar-refractivity contribution is -0.142. The predicted octanol–water partition coefficient (Wildman–Crippen LogP) is 4.26. The third-order valence-electron chi connectivity index (χ3n) is 7.07. The van der Waals surface area contributed by atoms with E-state index in [2.05, 4.69) is 34.9 Å². The van der Waals surface area contributed by atoms with Gasteiger partial charge in [-0.3, -0.25) is 4.79 Å². The van der Waals surface area contributed by atoms with Crippen molar-refractivity contribution in [1.82, 2.24) is 10.6 Å². The second kappa shape index (κ2) is 11.6. The summed E-state index contributed by atoms with van der Waals surface area (Å²) in [6, 6.07) is 15.5. The van der Waals surface area contributed by atoms with Gasteiger partial charge in [0.2, 0.25) is 5.91 Å². The fourth-order valence-electron chi connectivity index (χ4n) is 5.26. The molecule has 3 N–H and O–H groups in total. The standard InChI is InChI=1S/C27H32N2O5S/c1-35-14-13-24(26(31)32)29-25(30)18-12-6-7-17(18)15-28-27(33)34-16-23-21-10-4-2-8-19(21)20-9-3-5-11-22(20)23/h2-5,8-11,17-18,23-24H,6-7,12-16H2,1H3,(H,28,33)(H,29,30)(H,31,32)/t17?,18?,24-/m1/s1. The summed E-state index contributed by atoms with van der Waals surface area (Å²) in [6.45, 7) is 0.571. The summed E-state index contributed by atoms with van der Waals surface area (Å²) in [7, 11) is 0. The molecule has 35 heavy (non-hydrogen) atoms. The fourth-order valence-corrected chi connectivity index (χ4v) is 5.73. The Morgan fingerprint density at radius 2 is 1.71 bits per heavy atom. The van der Waals surface area contributed by atoms with E-state index in [1.54, 1.807) is 11.8 Å². The van der Waals surface area contributed by atoms with E-state index in [1.165, 1.54) is 11.1 Å². The molecule has 8 heteroatoms. The fraction of sp³-hybridized carbons (Fsp3) is 0.444. The van der Waals surface area contributed by atoms with Gasteiger partial charge >= 0.3 is 12.1 Å². The van der Waals surface area contributed by atoms with Crippen molar-refractivity contribution in [3.05, 3.63) is 59.7 Å². The molecule has 0 spiro atoms. The first kappa shape index (κ1) is 25.1. The highest BCUT2D eigenvalue weighted by Crippen LogP contribution is 2.44. The van der Waals surface area contributed by atoms with Gasteiger partial charge in [-0.25, -0.2) is 9.59 Å². The number of hydrogen-bond acceptors (Lipinski definition) is 5. The quantitative estimate of drug-likeness (QED) is 0.454. The van der Waals surface area contributed by atoms with Crippen LogP contribution in [0.3, 0.4) is 0 Å². The van der Waals surface area contributed by atoms with E-state index in [-0.39, 0.29) is 30.3 Å². The lowest BCUT2D eigenvalue weighted by Gasteiger charge is -2.22. The van der Waals surface area contributed by atoms with Crippen molar-refractivity contribution < 1.29 is 24.2 Å². The topological polar surface area (TPSA) is 105 Å². The number of rotatable bonds is 10. The van der Waals surface area contributed by atoms with Crippen LogP contribution in [0.5, 0.6) is 0 Å². The Bertz CT molecular complexity index is 1030. The second-order valence-electron chi connectivity index (χ2n) is 9.18. The molecule has 186 valence electrons. The van der Waals surface area contributed by atoms with E-state index >= 15 is 0 Å². The lowest BCUT2D eigenvalue weighted by Crippen LogP contribution is -2.46. The predicted molar refractivity (Wildman–Crippen MR) is 136 cm³/mol. The number of alkyl carbamates (subject to hydrolysis) is 1. The van der Waals surface area contributed by atoms with Gasteiger partial charge in [0.15, 0.2) is 0 Å². The van der Waals surface area contributed by atoms with Crippen molar-refractivity contribution in [3.8, 4) is 11.1 Å². The monoisotopic (exact) mass is 496 g/mol. The Kier molecular flexibility index (Phi) is 8.33. The maximum Gasteiger partial charge on any atom is 0.407 e. The highest BCUT2D eigenvalue weighted by Gasteiger charge is 2.35. The zero-order valence-corrected chi connectivity index (χ0v) is 20.7. The normalized spacial score (nSPS) is 19.5. The maximum absolute atomic E-state index is 12.8. The molecule has 7 nitrogen and oxygen atoms in total. The van der Waals surface area contributed by atoms with E-state index in [0.717, 1.165) is 24.0 Å². The van der Waals surface area contributed by atoms with Crippen LogP contribution in [0.1, 0.15) is 42.7 Å². The summed E-state index contributed by atoms with van der Waals surface area (Å²) >= 11 is 1.55. The summed E-state index contributed by atoms with van der Waals surface area (Å²) in [5, 5.41) is 14.9. The van der Waals surface area contributed by atoms with Crippen molar-refractivity contribution >= 4 is 29.7 Å². The molecule has 2 unspecified atom stereocenters. The number of carbonyl (C=O) groups excluding carboxylic acids is 2. The molecule has 2 aliphatic rings. The highest BCUT2D eigenvalue weighted by atomic mass is 32.2. The molecule has 2 amide bonds. The van der Waals surface area contributed by atoms with Gasteiger partial charge in [0.1, 0.15) is 12.6 Å². The van der Waals surface area contributed by atoms with Gasteiger partial charge in [0.25, 0.3) is 0 Å². The largest absolute Gasteiger partial charge is 0.480 e. The zero-order chi connectivity index (χ0) is 24.8. The van der Waals surface area contributed by atoms with Gasteiger partial charge in [0.05, 0.1) is 0 Å². The number of ether oxygens (including phenoxy) is 1. The van der Waals surface area contributed by atoms with Crippen LogP contribution in [0.15, 0.2) is 48.5 Å². The summed E-state index contributed by atoms with van der Waals surface area (Å²) in [4.78, 5) is 36.8. The molecule has 1 saturated carbocycles. The molecule has 0 radical (unpaired) electrons. The summed E-state index contributed by atoms with van der Waals surface area (Å²) in [5.74, 6) is -0.943. The van der Waals surface area contributed by atoms with Crippen LogP contribution >= 0.6 is 11.8 Å². The van der Waals surface area contributed by atoms with Crippen molar-refractivity contribution in [2.45, 2.75) is 37.6 Å². The number of thioether (sulfide) groups is 1. The van der Waals surface area contributed by atoms with Gasteiger partial charge in [-0.1, -0.05) is 55.0 Å². The number of fused-ring (bicyclic) bond motifs is 3. The summed E-state index contributed by atoms with van der Waals surface area (Å²) in [6.07, 6.45) is 4.17. The SMILES string of the molecule is CSCC[C@@H](NC(=O)C1CCCC1CNC(=O)OCC1c2ccccc2-c2ccccc21)C(=O)O. The Morgan fingerprint density at radius 1 is 1.06 bits per heavy atom. The molecule has 0 aliphatic heterocycles. The Hall–Kier alpha value is -3.00. The van der Waals surface area contributed by atoms with E-state index in [1.807, 2.05) is 30.5 Å². The molecule has 0 saturated heterocycles. The summed E-state index contributed by atoms with van der Waals surface area (Å²) < 4.78 is 5.60. The van der Waals surface area contributed by atoms with Gasteiger partial charge < -0.3 is 20.5 Å². The number of carboxylic acids is 1. The van der Waals surface area contributed by atoms with Gasteiger partial charge in [-0.05, 0) is 59.4 Å². The molecule has 3 atom stereocenters. The van der Waals surface area contributed by atoms with E-state index in [4.69, 9.17) is 4.74 Å². The maximum atomic E-state index is 12.8. The van der Waals surface area contributed by atoms with Crippen LogP contribution in [0.2, 0.25) is 0 Å². The minimum Gasteiger partial charge on any atom is -0.480 e. The molecule has 0 heterocycles. The highest BCUT2D eigenvalue weighted by molar-refractivity contribution is 7.98. The van der Waals surface area contributed by atoms with Crippen molar-refractivity contribution in [3.63, 3.8) is 0 Å². The van der Waals surface area contributed by atoms with Crippen LogP contribution in [-0.4, -0.2) is 54.3 Å². The number of carbonyl (C=O) groups is 3. The molecule has 0 bridgehead atoms. The molecular formula is C27H32N2O5S. The molecule has 0 aromatic heterocycles. The number of carboxylic acid groups (broad SMARTS) is 1. The third-order valence-corrected chi connectivity index (χ3v) is 7.72. The van der Waals surface area contributed by atoms with E-state index < -0.39 is 18.1 Å². The number of amides is 2. The number of nitrogens with one attached hydrogen (secondary N) is 2. The molecule has 2 aromatic rings. The summed E-state index contributed by atoms with van der Waals surface area (Å²) in [5.41, 5.74) is 4.66. The molecular weight excluding hydrogens is 464 g/mol. The zero-order valence-electron chi connectivity index (χ0n) is 19.9. The van der Waals surface area contributed by atoms with Crippen LogP contribution in [0.4, 0.5) is 4.79 Å². The van der Waals surface area contributed by atoms with Crippen LogP contribution in [-0.2, 0) is 14.3 Å². The van der Waals surface area contributed by atoms with E-state index in [0.29, 0.717) is 25.1 Å². The smallest absolute Gasteiger partial charge is 0.407 e. The van der Waals surface area contributed by atoms with Gasteiger partial charge in [-0.15, -0.1) is 0 Å². The van der Waals surface area contributed by atoms with Gasteiger partial charge in [-0.2, -0.15) is 11.8 Å². The second-order valence-corrected chi connectivity index (χ2v) is 10.2. The van der Waals surface area contributed by atoms with Crippen LogP contribution < -0.4 is 10.6 Å².